The highest BCUT2D eigenvalue weighted by Gasteiger charge is 2.44. The molecule has 0 saturated carbocycles. The molecule has 23 N–H and O–H groups in total. The molecule has 11 rings (SSSR count). The molecule has 146 heavy (non-hydrogen) atoms. The second-order valence-corrected chi connectivity index (χ2v) is 39.4. The Kier molecular flexibility index (Phi) is 43.1. The number of amides is 15. The number of aromatic amines is 2. The number of carbonyl (C=O) groups is 19. The first-order chi connectivity index (χ1) is 69.9. The van der Waals surface area contributed by atoms with Gasteiger partial charge < -0.3 is 125 Å². The number of ether oxygens (including phenoxy) is 2. The largest absolute Gasteiger partial charge is 0.481 e. The molecule has 0 aliphatic carbocycles. The number of primary amides is 2. The number of aliphatic carboxylic acids is 4. The Bertz CT molecular complexity index is 5610. The normalized spacial score (nSPS) is 22.1. The van der Waals surface area contributed by atoms with Crippen LogP contribution in [0, 0.1) is 5.92 Å². The SMILES string of the molecule is CC(=O)N[C@@H](Cc1c[nH]c2ccccc12)C(=O)N[C@H](C(=O)N[C@H](C(=O)N[C@H]1CSSC[C@@H](C(=O)N[C@@H](Cc2c[nH]c3ccccc23)C(=O)N2CCC[C@H]2C(N)=O)NC(=O)[C@H](CC(=O)O)NC(=O)[C@H](CCCCNC(=O)CN2CCN(CC(=O)O)CCN(CC(=O)O)CCN(CC(=O)O)CC2)NC(=O)[C@H](Cc2ccc3ccccc3c2)NC(=O)[C@H](CC(N)=O)NC(=O)[C@H](CN2CCOCC2)NC1=O)C1CCOCC1)[C@@H](C)O. The maximum Gasteiger partial charge on any atom is 0.317 e. The first-order valence-electron chi connectivity index (χ1n) is 48.5. The smallest absolute Gasteiger partial charge is 0.317 e. The maximum atomic E-state index is 15.8. The fourth-order valence-corrected chi connectivity index (χ4v) is 20.5. The quantitative estimate of drug-likeness (QED) is 0.0128. The number of fused-ring (bicyclic) bond motifs is 3. The third-order valence-electron chi connectivity index (χ3n) is 25.9. The van der Waals surface area contributed by atoms with Gasteiger partial charge in [0.15, 0.2) is 0 Å². The van der Waals surface area contributed by atoms with E-state index in [1.54, 1.807) is 128 Å². The van der Waals surface area contributed by atoms with E-state index in [9.17, 15) is 73.5 Å². The van der Waals surface area contributed by atoms with Gasteiger partial charge >= 0.3 is 23.9 Å². The zero-order valence-corrected chi connectivity index (χ0v) is 82.7. The minimum atomic E-state index is -2.18. The van der Waals surface area contributed by atoms with Crippen molar-refractivity contribution in [3.8, 4) is 0 Å². The minimum Gasteiger partial charge on any atom is -0.481 e. The van der Waals surface area contributed by atoms with E-state index in [1.807, 2.05) is 0 Å². The van der Waals surface area contributed by atoms with Crippen molar-refractivity contribution >= 4 is 167 Å². The summed E-state index contributed by atoms with van der Waals surface area (Å²) in [6.45, 7) is 1.77. The molecule has 48 nitrogen and oxygen atoms in total. The van der Waals surface area contributed by atoms with Crippen LogP contribution in [0.25, 0.3) is 32.6 Å². The van der Waals surface area contributed by atoms with Crippen LogP contribution in [0.3, 0.4) is 0 Å². The number of hydrogen-bond acceptors (Lipinski definition) is 29. The summed E-state index contributed by atoms with van der Waals surface area (Å²) in [5.41, 5.74) is 14.6. The molecule has 15 amide bonds. The molecule has 7 heterocycles. The minimum absolute atomic E-state index is 0.0143. The number of aliphatic hydroxyl groups is 1. The van der Waals surface area contributed by atoms with Gasteiger partial charge in [-0.2, -0.15) is 0 Å². The fraction of sp³-hybridized carbons (Fsp3) is 0.531. The highest BCUT2D eigenvalue weighted by atomic mass is 33.1. The van der Waals surface area contributed by atoms with E-state index >= 15 is 43.2 Å². The predicted octanol–water partition coefficient (Wildman–Crippen LogP) is -4.69. The lowest BCUT2D eigenvalue weighted by atomic mass is 9.90. The number of aliphatic hydroxyl groups excluding tert-OH is 1. The monoisotopic (exact) mass is 2070 g/mol. The number of carboxylic acids is 4. The Balaban J connectivity index is 0.948. The number of morpholine rings is 1. The highest BCUT2D eigenvalue weighted by molar-refractivity contribution is 8.76. The predicted molar refractivity (Wildman–Crippen MR) is 531 cm³/mol. The van der Waals surface area contributed by atoms with Crippen molar-refractivity contribution in [2.75, 3.05) is 149 Å². The molecule has 2 aromatic heterocycles. The lowest BCUT2D eigenvalue weighted by Crippen LogP contribution is -2.64. The molecular weight excluding hydrogens is 1940 g/mol. The molecule has 5 fully saturated rings. The van der Waals surface area contributed by atoms with Gasteiger partial charge in [-0.3, -0.25) is 116 Å². The number of aromatic nitrogens is 2. The Hall–Kier alpha value is -13.5. The zero-order valence-electron chi connectivity index (χ0n) is 81.1. The summed E-state index contributed by atoms with van der Waals surface area (Å²) in [5, 5.41) is 86.0. The lowest BCUT2D eigenvalue weighted by Gasteiger charge is -2.34. The van der Waals surface area contributed by atoms with Crippen molar-refractivity contribution in [2.45, 2.75) is 170 Å². The van der Waals surface area contributed by atoms with Gasteiger partial charge in [0.2, 0.25) is 88.6 Å². The topological polar surface area (TPSA) is 691 Å². The number of rotatable bonds is 38. The average Bonchev–Trinajstić information content (AvgIpc) is 1.54. The van der Waals surface area contributed by atoms with Crippen molar-refractivity contribution < 1.29 is 126 Å². The van der Waals surface area contributed by atoms with Crippen LogP contribution in [-0.2, 0) is 120 Å². The summed E-state index contributed by atoms with van der Waals surface area (Å²) < 4.78 is 11.3. The second kappa shape index (κ2) is 55.7. The molecule has 50 heteroatoms. The molecule has 5 aliphatic rings. The summed E-state index contributed by atoms with van der Waals surface area (Å²) >= 11 is 0. The number of carboxylic acid groups (broad SMARTS) is 4. The number of para-hydroxylation sites is 2. The molecule has 4 aromatic carbocycles. The Morgan fingerprint density at radius 1 is 0.493 bits per heavy atom. The molecule has 792 valence electrons. The first kappa shape index (κ1) is 113. The Labute approximate surface area is 847 Å². The van der Waals surface area contributed by atoms with Crippen LogP contribution < -0.4 is 75.3 Å². The van der Waals surface area contributed by atoms with Crippen molar-refractivity contribution in [2.24, 2.45) is 17.4 Å². The summed E-state index contributed by atoms with van der Waals surface area (Å²) in [6, 6.07) is 5.44. The molecular formula is C96H130N22O26S2. The van der Waals surface area contributed by atoms with Crippen molar-refractivity contribution in [3.63, 3.8) is 0 Å². The lowest BCUT2D eigenvalue weighted by molar-refractivity contribution is -0.142. The first-order valence-corrected chi connectivity index (χ1v) is 51.0. The summed E-state index contributed by atoms with van der Waals surface area (Å²) in [4.78, 5) is 288. The van der Waals surface area contributed by atoms with Gasteiger partial charge in [0.05, 0.1) is 58.3 Å². The molecule has 13 atom stereocenters. The molecule has 5 aliphatic heterocycles. The number of likely N-dealkylation sites (tertiary alicyclic amines) is 1. The van der Waals surface area contributed by atoms with E-state index in [0.717, 1.165) is 37.9 Å². The summed E-state index contributed by atoms with van der Waals surface area (Å²) in [7, 11) is 1.51. The number of nitrogens with one attached hydrogen (secondary N) is 14. The number of benzene rings is 4. The van der Waals surface area contributed by atoms with Gasteiger partial charge in [0, 0.05) is 170 Å². The number of H-pyrrole nitrogens is 2. The van der Waals surface area contributed by atoms with Crippen LogP contribution in [0.4, 0.5) is 0 Å². The van der Waals surface area contributed by atoms with Gasteiger partial charge in [-0.05, 0) is 97.4 Å². The van der Waals surface area contributed by atoms with Crippen LogP contribution in [0.5, 0.6) is 0 Å². The number of unbranched alkanes of at least 4 members (excludes halogenated alkanes) is 1. The average molecular weight is 2070 g/mol. The number of hydrogen-bond donors (Lipinski definition) is 21. The summed E-state index contributed by atoms with van der Waals surface area (Å²) in [5.74, 6) is -22.6. The molecule has 0 bridgehead atoms. The molecule has 5 saturated heterocycles. The zero-order chi connectivity index (χ0) is 105. The standard InChI is InChI=1S/C96H130N22O26S2/c1-55(119)83(111-90(136)69(102-56(2)120)42-61-46-100-65-16-7-5-14-63(61)65)94(140)112-84(59-22-36-143-37-23-59)95(141)110-75-54-146-145-53-74(92(138)107-72(96(142)118-25-11-19-76(118)85(98)131)43-62-47-101-66-17-8-6-15-64(62)66)109-89(135)71(45-79(123)124)106-86(132)67(18-9-10-24-99-78(122)49-113-26-28-114(50-80(125)126)30-32-116(52-82(129)130)33-31-115(29-27-113)51-81(127)128)103-87(133)68(41-57-20-21-58-12-3-4-13-60(58)40-57)104-88(134)70(44-77(97)121)105-91(137)73(108-93(75)139)48-117-34-38-144-39-35-117/h3-8,12-17,20-21,40,46-47,55,59,67-76,83-84,100-101,119H,9-11,18-19,22-39,41-45,48-54H2,1-2H3,(H2,97,121)(H2,98,131)(H,99,122)(H,102,120)(H,103,133)(H,104,134)(H,105,137)(H,106,132)(H,107,138)(H,108,139)(H,109,135)(H,110,141)(H,111,136)(H,112,140)(H,123,124)(H,125,126)(H,127,128)(H,129,130)/t55-,67+,68+,69+,70+,71+,72+,73+,74+,75+,76+,83+,84+/m1/s1. The molecule has 0 radical (unpaired) electrons. The van der Waals surface area contributed by atoms with Gasteiger partial charge in [-0.25, -0.2) is 0 Å². The molecule has 6 aromatic rings. The third kappa shape index (κ3) is 34.6. The fourth-order valence-electron chi connectivity index (χ4n) is 18.2. The van der Waals surface area contributed by atoms with E-state index in [0.29, 0.717) is 39.4 Å². The van der Waals surface area contributed by atoms with E-state index in [-0.39, 0.29) is 163 Å². The molecule has 0 unspecified atom stereocenters. The van der Waals surface area contributed by atoms with Crippen LogP contribution >= 0.6 is 21.6 Å². The number of nitrogens with zero attached hydrogens (tertiary/aromatic N) is 6. The van der Waals surface area contributed by atoms with Crippen LogP contribution in [0.1, 0.15) is 88.3 Å². The Morgan fingerprint density at radius 2 is 1.01 bits per heavy atom. The van der Waals surface area contributed by atoms with Gasteiger partial charge in [0.1, 0.15) is 72.5 Å². The molecule has 0 spiro atoms. The third-order valence-corrected chi connectivity index (χ3v) is 28.4. The van der Waals surface area contributed by atoms with Crippen molar-refractivity contribution in [1.29, 1.82) is 0 Å². The second-order valence-electron chi connectivity index (χ2n) is 36.9. The highest BCUT2D eigenvalue weighted by Crippen LogP contribution is 2.29. The van der Waals surface area contributed by atoms with E-state index in [4.69, 9.17) is 20.9 Å². The van der Waals surface area contributed by atoms with Gasteiger partial charge in [0.25, 0.3) is 0 Å². The number of nitrogens with two attached hydrogens (primary N) is 2. The van der Waals surface area contributed by atoms with Crippen molar-refractivity contribution in [3.05, 3.63) is 120 Å². The van der Waals surface area contributed by atoms with Crippen molar-refractivity contribution in [1.82, 2.24) is 103 Å². The van der Waals surface area contributed by atoms with Crippen LogP contribution in [0.2, 0.25) is 0 Å². The maximum absolute atomic E-state index is 15.8. The van der Waals surface area contributed by atoms with E-state index in [1.165, 1.54) is 18.7 Å². The van der Waals surface area contributed by atoms with Crippen LogP contribution in [-0.4, -0.2) is 405 Å². The number of carbonyl (C=O) groups excluding carboxylic acids is 15. The Morgan fingerprint density at radius 3 is 1.58 bits per heavy atom. The van der Waals surface area contributed by atoms with Gasteiger partial charge in [-0.1, -0.05) is 100 Å². The van der Waals surface area contributed by atoms with E-state index in [2.05, 4.69) is 73.8 Å². The van der Waals surface area contributed by atoms with E-state index < -0.39 is 254 Å². The van der Waals surface area contributed by atoms with Gasteiger partial charge in [-0.15, -0.1) is 0 Å². The summed E-state index contributed by atoms with van der Waals surface area (Å²) in [6.07, 6.45) is -1.23. The van der Waals surface area contributed by atoms with Crippen LogP contribution in [0.15, 0.2) is 103 Å².